The molecule has 0 saturated heterocycles. The predicted molar refractivity (Wildman–Crippen MR) is 124 cm³/mol. The third-order valence-corrected chi connectivity index (χ3v) is 5.52. The standard InChI is InChI=1S/C26H48NO/c1-6-7-8-9-10-11-12-13-14-15-16-17-22-27(4,5)23-25-18-20-26(21-19-25)28-24(2)3/h18-21,24H,6-17,22-23H2,1-5H3/q+1. The second kappa shape index (κ2) is 14.9. The van der Waals surface area contributed by atoms with Crippen molar-refractivity contribution in [3.63, 3.8) is 0 Å². The molecule has 28 heavy (non-hydrogen) atoms. The molecular weight excluding hydrogens is 342 g/mol. The van der Waals surface area contributed by atoms with Crippen molar-refractivity contribution in [1.82, 2.24) is 0 Å². The van der Waals surface area contributed by atoms with Crippen molar-refractivity contribution in [1.29, 1.82) is 0 Å². The summed E-state index contributed by atoms with van der Waals surface area (Å²) in [7, 11) is 4.72. The minimum Gasteiger partial charge on any atom is -0.491 e. The Labute approximate surface area is 176 Å². The van der Waals surface area contributed by atoms with Crippen molar-refractivity contribution in [3.8, 4) is 5.75 Å². The van der Waals surface area contributed by atoms with Gasteiger partial charge in [0.2, 0.25) is 0 Å². The Morgan fingerprint density at radius 1 is 0.714 bits per heavy atom. The molecule has 0 unspecified atom stereocenters. The number of ether oxygens (including phenoxy) is 1. The van der Waals surface area contributed by atoms with E-state index in [0.717, 1.165) is 16.8 Å². The van der Waals surface area contributed by atoms with Crippen molar-refractivity contribution in [3.05, 3.63) is 29.8 Å². The summed E-state index contributed by atoms with van der Waals surface area (Å²) in [6.07, 6.45) is 17.3. The molecule has 1 aromatic rings. The lowest BCUT2D eigenvalue weighted by atomic mass is 10.1. The Morgan fingerprint density at radius 2 is 1.18 bits per heavy atom. The zero-order valence-corrected chi connectivity index (χ0v) is 19.6. The Balaban J connectivity index is 2.06. The number of quaternary nitrogens is 1. The highest BCUT2D eigenvalue weighted by molar-refractivity contribution is 5.27. The first kappa shape index (κ1) is 25.0. The van der Waals surface area contributed by atoms with E-state index in [0.29, 0.717) is 0 Å². The smallest absolute Gasteiger partial charge is 0.119 e. The van der Waals surface area contributed by atoms with Crippen LogP contribution in [0.25, 0.3) is 0 Å². The van der Waals surface area contributed by atoms with Crippen molar-refractivity contribution in [2.75, 3.05) is 20.6 Å². The van der Waals surface area contributed by atoms with Gasteiger partial charge in [0.1, 0.15) is 12.3 Å². The van der Waals surface area contributed by atoms with Crippen LogP contribution < -0.4 is 4.74 Å². The molecule has 0 amide bonds. The van der Waals surface area contributed by atoms with Gasteiger partial charge in [-0.1, -0.05) is 71.1 Å². The summed E-state index contributed by atoms with van der Waals surface area (Å²) in [5.41, 5.74) is 1.40. The van der Waals surface area contributed by atoms with E-state index in [2.05, 4.69) is 59.1 Å². The van der Waals surface area contributed by atoms with E-state index in [-0.39, 0.29) is 6.10 Å². The zero-order valence-electron chi connectivity index (χ0n) is 19.6. The molecule has 2 heteroatoms. The van der Waals surface area contributed by atoms with E-state index in [1.165, 1.54) is 89.2 Å². The highest BCUT2D eigenvalue weighted by Gasteiger charge is 2.15. The summed E-state index contributed by atoms with van der Waals surface area (Å²) in [6, 6.07) is 8.66. The van der Waals surface area contributed by atoms with E-state index < -0.39 is 0 Å². The van der Waals surface area contributed by atoms with Crippen molar-refractivity contribution < 1.29 is 9.22 Å². The molecule has 0 N–H and O–H groups in total. The molecule has 1 rings (SSSR count). The van der Waals surface area contributed by atoms with E-state index in [9.17, 15) is 0 Å². The van der Waals surface area contributed by atoms with E-state index in [1.54, 1.807) is 0 Å². The summed E-state index contributed by atoms with van der Waals surface area (Å²) in [4.78, 5) is 0. The molecule has 162 valence electrons. The van der Waals surface area contributed by atoms with Gasteiger partial charge in [0.25, 0.3) is 0 Å². The van der Waals surface area contributed by atoms with E-state index in [1.807, 2.05) is 0 Å². The maximum atomic E-state index is 5.74. The average Bonchev–Trinajstić information content (AvgIpc) is 2.63. The molecule has 0 radical (unpaired) electrons. The first-order chi connectivity index (χ1) is 13.4. The topological polar surface area (TPSA) is 9.23 Å². The van der Waals surface area contributed by atoms with Crippen LogP contribution in [0, 0.1) is 0 Å². The third kappa shape index (κ3) is 13.2. The SMILES string of the molecule is CCCCCCCCCCCCCC[N+](C)(C)Cc1ccc(OC(C)C)cc1. The number of nitrogens with zero attached hydrogens (tertiary/aromatic N) is 1. The number of hydrogen-bond acceptors (Lipinski definition) is 1. The van der Waals surface area contributed by atoms with Crippen LogP contribution in [0.5, 0.6) is 5.75 Å². The largest absolute Gasteiger partial charge is 0.491 e. The van der Waals surface area contributed by atoms with Crippen LogP contribution in [-0.2, 0) is 6.54 Å². The fourth-order valence-electron chi connectivity index (χ4n) is 3.90. The van der Waals surface area contributed by atoms with Crippen LogP contribution >= 0.6 is 0 Å². The van der Waals surface area contributed by atoms with Crippen LogP contribution in [-0.4, -0.2) is 31.2 Å². The number of unbranched alkanes of at least 4 members (excludes halogenated alkanes) is 11. The first-order valence-corrected chi connectivity index (χ1v) is 12.0. The number of rotatable bonds is 17. The van der Waals surface area contributed by atoms with Gasteiger partial charge in [-0.2, -0.15) is 0 Å². The van der Waals surface area contributed by atoms with Crippen LogP contribution in [0.15, 0.2) is 24.3 Å². The van der Waals surface area contributed by atoms with Gasteiger partial charge in [-0.05, 0) is 51.0 Å². The molecular formula is C26H48NO+. The molecule has 0 aliphatic heterocycles. The van der Waals surface area contributed by atoms with Gasteiger partial charge in [-0.25, -0.2) is 0 Å². The fraction of sp³-hybridized carbons (Fsp3) is 0.769. The molecule has 1 aromatic carbocycles. The predicted octanol–water partition coefficient (Wildman–Crippen LogP) is 7.75. The average molecular weight is 391 g/mol. The van der Waals surface area contributed by atoms with Gasteiger partial charge in [-0.3, -0.25) is 0 Å². The van der Waals surface area contributed by atoms with E-state index >= 15 is 0 Å². The summed E-state index contributed by atoms with van der Waals surface area (Å²) in [5, 5.41) is 0. The monoisotopic (exact) mass is 390 g/mol. The van der Waals surface area contributed by atoms with Crippen molar-refractivity contribution >= 4 is 0 Å². The molecule has 0 fully saturated rings. The lowest BCUT2D eigenvalue weighted by Gasteiger charge is -2.30. The highest BCUT2D eigenvalue weighted by Crippen LogP contribution is 2.18. The quantitative estimate of drug-likeness (QED) is 0.195. The fourth-order valence-corrected chi connectivity index (χ4v) is 3.90. The molecule has 0 saturated carbocycles. The van der Waals surface area contributed by atoms with Crippen molar-refractivity contribution in [2.24, 2.45) is 0 Å². The Bertz CT molecular complexity index is 478. The van der Waals surface area contributed by atoms with Gasteiger partial charge in [-0.15, -0.1) is 0 Å². The van der Waals surface area contributed by atoms with Crippen molar-refractivity contribution in [2.45, 2.75) is 110 Å². The second-order valence-corrected chi connectivity index (χ2v) is 9.52. The molecule has 0 atom stereocenters. The molecule has 0 aromatic heterocycles. The summed E-state index contributed by atoms with van der Waals surface area (Å²) in [6.45, 7) is 8.80. The van der Waals surface area contributed by atoms with Gasteiger partial charge >= 0.3 is 0 Å². The van der Waals surface area contributed by atoms with Crippen LogP contribution in [0.3, 0.4) is 0 Å². The Hall–Kier alpha value is -1.02. The minimum absolute atomic E-state index is 0.240. The highest BCUT2D eigenvalue weighted by atomic mass is 16.5. The van der Waals surface area contributed by atoms with Gasteiger partial charge in [0.05, 0.1) is 26.7 Å². The minimum atomic E-state index is 0.240. The summed E-state index contributed by atoms with van der Waals surface area (Å²) < 4.78 is 6.81. The first-order valence-electron chi connectivity index (χ1n) is 12.0. The lowest BCUT2D eigenvalue weighted by molar-refractivity contribution is -0.903. The van der Waals surface area contributed by atoms with E-state index in [4.69, 9.17) is 4.74 Å². The van der Waals surface area contributed by atoms with Crippen LogP contribution in [0.2, 0.25) is 0 Å². The molecule has 0 aliphatic carbocycles. The maximum absolute atomic E-state index is 5.74. The zero-order chi connectivity index (χ0) is 20.7. The van der Waals surface area contributed by atoms with Crippen LogP contribution in [0.1, 0.15) is 103 Å². The Morgan fingerprint density at radius 3 is 1.64 bits per heavy atom. The maximum Gasteiger partial charge on any atom is 0.119 e. The van der Waals surface area contributed by atoms with Crippen LogP contribution in [0.4, 0.5) is 0 Å². The Kier molecular flexibility index (Phi) is 13.3. The normalized spacial score (nSPS) is 11.9. The molecule has 2 nitrogen and oxygen atoms in total. The second-order valence-electron chi connectivity index (χ2n) is 9.52. The van der Waals surface area contributed by atoms with Gasteiger partial charge in [0, 0.05) is 5.56 Å². The molecule has 0 bridgehead atoms. The molecule has 0 aliphatic rings. The summed E-state index contributed by atoms with van der Waals surface area (Å²) in [5.74, 6) is 0.977. The third-order valence-electron chi connectivity index (χ3n) is 5.52. The summed E-state index contributed by atoms with van der Waals surface area (Å²) >= 11 is 0. The number of hydrogen-bond donors (Lipinski definition) is 0. The lowest BCUT2D eigenvalue weighted by Crippen LogP contribution is -2.39. The van der Waals surface area contributed by atoms with Gasteiger partial charge in [0.15, 0.2) is 0 Å². The molecule has 0 heterocycles. The van der Waals surface area contributed by atoms with Gasteiger partial charge < -0.3 is 9.22 Å². The molecule has 0 spiro atoms. The number of benzene rings is 1.